The van der Waals surface area contributed by atoms with Crippen molar-refractivity contribution in [2.24, 2.45) is 5.92 Å². The lowest BCUT2D eigenvalue weighted by atomic mass is 9.76. The van der Waals surface area contributed by atoms with Crippen LogP contribution in [0.2, 0.25) is 10.0 Å². The molecule has 0 aromatic heterocycles. The van der Waals surface area contributed by atoms with Gasteiger partial charge < -0.3 is 9.84 Å². The molecule has 2 heterocycles. The van der Waals surface area contributed by atoms with Gasteiger partial charge in [-0.25, -0.2) is 0 Å². The zero-order valence-corrected chi connectivity index (χ0v) is 15.5. The number of fused-ring (bicyclic) bond motifs is 2. The fourth-order valence-corrected chi connectivity index (χ4v) is 4.64. The SMILES string of the molecule is CCOC(=O)CN1[C@H]2CC[C@@H]1[C@H](C(=O)O)[C@@H](c1ccc(Cl)c(Cl)c1)C2. The molecule has 25 heavy (non-hydrogen) atoms. The number of rotatable bonds is 5. The lowest BCUT2D eigenvalue weighted by Gasteiger charge is -2.42. The van der Waals surface area contributed by atoms with Crippen LogP contribution >= 0.6 is 23.2 Å². The van der Waals surface area contributed by atoms with Gasteiger partial charge in [-0.1, -0.05) is 29.3 Å². The Hall–Kier alpha value is -1.30. The number of carbonyl (C=O) groups is 2. The standard InChI is InChI=1S/C18H21Cl2NO4/c1-2-25-16(22)9-21-11-4-6-15(21)17(18(23)24)12(8-11)10-3-5-13(19)14(20)7-10/h3,5,7,11-12,15,17H,2,4,6,8-9H2,1H3,(H,23,24)/t11-,12+,15+,17+/m0/s1. The number of ether oxygens (including phenoxy) is 1. The Kier molecular flexibility index (Phi) is 5.56. The number of carbonyl (C=O) groups excluding carboxylic acids is 1. The number of hydrogen-bond acceptors (Lipinski definition) is 4. The van der Waals surface area contributed by atoms with Crippen molar-refractivity contribution in [3.8, 4) is 0 Å². The van der Waals surface area contributed by atoms with Crippen molar-refractivity contribution in [2.75, 3.05) is 13.2 Å². The molecule has 0 saturated carbocycles. The molecule has 5 nitrogen and oxygen atoms in total. The van der Waals surface area contributed by atoms with Gasteiger partial charge in [0.25, 0.3) is 0 Å². The Morgan fingerprint density at radius 1 is 1.28 bits per heavy atom. The average Bonchev–Trinajstić information content (AvgIpc) is 2.81. The molecule has 136 valence electrons. The zero-order chi connectivity index (χ0) is 18.1. The summed E-state index contributed by atoms with van der Waals surface area (Å²) in [6, 6.07) is 5.36. The lowest BCUT2D eigenvalue weighted by molar-refractivity contribution is -0.152. The van der Waals surface area contributed by atoms with Gasteiger partial charge in [-0.3, -0.25) is 14.5 Å². The third kappa shape index (κ3) is 3.64. The zero-order valence-electron chi connectivity index (χ0n) is 14.0. The minimum Gasteiger partial charge on any atom is -0.481 e. The number of carboxylic acids is 1. The highest BCUT2D eigenvalue weighted by molar-refractivity contribution is 6.42. The number of piperidine rings is 1. The first-order valence-electron chi connectivity index (χ1n) is 8.51. The van der Waals surface area contributed by atoms with Crippen LogP contribution in [-0.2, 0) is 14.3 Å². The van der Waals surface area contributed by atoms with Gasteiger partial charge in [0.2, 0.25) is 0 Å². The molecule has 2 saturated heterocycles. The van der Waals surface area contributed by atoms with Gasteiger partial charge in [0.1, 0.15) is 0 Å². The van der Waals surface area contributed by atoms with Crippen LogP contribution in [-0.4, -0.2) is 47.2 Å². The van der Waals surface area contributed by atoms with Crippen LogP contribution < -0.4 is 0 Å². The molecule has 0 unspecified atom stereocenters. The van der Waals surface area contributed by atoms with E-state index in [1.807, 2.05) is 11.0 Å². The predicted molar refractivity (Wildman–Crippen MR) is 95.1 cm³/mol. The van der Waals surface area contributed by atoms with Crippen LogP contribution in [0, 0.1) is 5.92 Å². The third-order valence-corrected chi connectivity index (χ3v) is 6.08. The fraction of sp³-hybridized carbons (Fsp3) is 0.556. The molecule has 2 fully saturated rings. The molecule has 4 atom stereocenters. The molecule has 0 amide bonds. The second-order valence-corrected chi connectivity index (χ2v) is 7.47. The van der Waals surface area contributed by atoms with Crippen LogP contribution in [0.25, 0.3) is 0 Å². The summed E-state index contributed by atoms with van der Waals surface area (Å²) in [5.41, 5.74) is 0.898. The van der Waals surface area contributed by atoms with Crippen molar-refractivity contribution in [3.63, 3.8) is 0 Å². The number of hydrogen-bond donors (Lipinski definition) is 1. The maximum Gasteiger partial charge on any atom is 0.320 e. The topological polar surface area (TPSA) is 66.8 Å². The maximum absolute atomic E-state index is 12.0. The van der Waals surface area contributed by atoms with Gasteiger partial charge in [0.15, 0.2) is 0 Å². The molecule has 7 heteroatoms. The summed E-state index contributed by atoms with van der Waals surface area (Å²) in [4.78, 5) is 25.9. The van der Waals surface area contributed by atoms with E-state index in [-0.39, 0.29) is 30.5 Å². The monoisotopic (exact) mass is 385 g/mol. The molecule has 3 rings (SSSR count). The largest absolute Gasteiger partial charge is 0.481 e. The highest BCUT2D eigenvalue weighted by atomic mass is 35.5. The number of esters is 1. The Morgan fingerprint density at radius 2 is 2.04 bits per heavy atom. The number of carboxylic acid groups (broad SMARTS) is 1. The van der Waals surface area contributed by atoms with E-state index in [0.29, 0.717) is 23.1 Å². The molecule has 0 radical (unpaired) electrons. The van der Waals surface area contributed by atoms with Gasteiger partial charge >= 0.3 is 11.9 Å². The van der Waals surface area contributed by atoms with Gasteiger partial charge in [-0.2, -0.15) is 0 Å². The molecular weight excluding hydrogens is 365 g/mol. The van der Waals surface area contributed by atoms with E-state index < -0.39 is 11.9 Å². The lowest BCUT2D eigenvalue weighted by Crippen LogP contribution is -2.52. The van der Waals surface area contributed by atoms with E-state index in [4.69, 9.17) is 27.9 Å². The first-order chi connectivity index (χ1) is 11.9. The van der Waals surface area contributed by atoms with E-state index in [9.17, 15) is 14.7 Å². The van der Waals surface area contributed by atoms with Crippen molar-refractivity contribution >= 4 is 35.1 Å². The molecule has 1 aromatic rings. The molecular formula is C18H21Cl2NO4. The normalized spacial score (nSPS) is 28.8. The number of halogens is 2. The molecule has 1 N–H and O–H groups in total. The Morgan fingerprint density at radius 3 is 2.68 bits per heavy atom. The van der Waals surface area contributed by atoms with Crippen LogP contribution in [0.4, 0.5) is 0 Å². The van der Waals surface area contributed by atoms with E-state index in [1.54, 1.807) is 19.1 Å². The van der Waals surface area contributed by atoms with Crippen molar-refractivity contribution in [1.82, 2.24) is 4.90 Å². The molecule has 0 spiro atoms. The molecule has 0 aliphatic carbocycles. The summed E-state index contributed by atoms with van der Waals surface area (Å²) in [5.74, 6) is -1.85. The molecule has 2 aliphatic rings. The summed E-state index contributed by atoms with van der Waals surface area (Å²) >= 11 is 12.1. The Bertz CT molecular complexity index is 681. The van der Waals surface area contributed by atoms with Crippen LogP contribution in [0.1, 0.15) is 37.7 Å². The second kappa shape index (κ2) is 7.52. The van der Waals surface area contributed by atoms with E-state index in [1.165, 1.54) is 0 Å². The van der Waals surface area contributed by atoms with Gasteiger partial charge in [-0.15, -0.1) is 0 Å². The minimum absolute atomic E-state index is 0.136. The van der Waals surface area contributed by atoms with Gasteiger partial charge in [0.05, 0.1) is 29.1 Å². The highest BCUT2D eigenvalue weighted by Crippen LogP contribution is 2.47. The highest BCUT2D eigenvalue weighted by Gasteiger charge is 2.51. The molecule has 2 bridgehead atoms. The minimum atomic E-state index is -0.838. The number of aliphatic carboxylic acids is 1. The molecule has 1 aromatic carbocycles. The van der Waals surface area contributed by atoms with Crippen molar-refractivity contribution < 1.29 is 19.4 Å². The number of benzene rings is 1. The maximum atomic E-state index is 12.0. The van der Waals surface area contributed by atoms with E-state index in [0.717, 1.165) is 18.4 Å². The Labute approximate surface area is 156 Å². The number of nitrogens with zero attached hydrogens (tertiary/aromatic N) is 1. The fourth-order valence-electron chi connectivity index (χ4n) is 4.34. The smallest absolute Gasteiger partial charge is 0.320 e. The first-order valence-corrected chi connectivity index (χ1v) is 9.27. The second-order valence-electron chi connectivity index (χ2n) is 6.66. The first kappa shape index (κ1) is 18.5. The average molecular weight is 386 g/mol. The summed E-state index contributed by atoms with van der Waals surface area (Å²) in [7, 11) is 0. The van der Waals surface area contributed by atoms with Crippen molar-refractivity contribution in [3.05, 3.63) is 33.8 Å². The van der Waals surface area contributed by atoms with Crippen molar-refractivity contribution in [1.29, 1.82) is 0 Å². The summed E-state index contributed by atoms with van der Waals surface area (Å²) in [6.07, 6.45) is 2.36. The van der Waals surface area contributed by atoms with E-state index in [2.05, 4.69) is 0 Å². The van der Waals surface area contributed by atoms with Crippen LogP contribution in [0.3, 0.4) is 0 Å². The molecule has 2 aliphatic heterocycles. The third-order valence-electron chi connectivity index (χ3n) is 5.34. The van der Waals surface area contributed by atoms with Crippen LogP contribution in [0.15, 0.2) is 18.2 Å². The summed E-state index contributed by atoms with van der Waals surface area (Å²) in [6.45, 7) is 2.25. The van der Waals surface area contributed by atoms with Gasteiger partial charge in [-0.05, 0) is 43.9 Å². The summed E-state index contributed by atoms with van der Waals surface area (Å²) in [5, 5.41) is 10.8. The van der Waals surface area contributed by atoms with Gasteiger partial charge in [0, 0.05) is 18.0 Å². The van der Waals surface area contributed by atoms with E-state index >= 15 is 0 Å². The van der Waals surface area contributed by atoms with Crippen LogP contribution in [0.5, 0.6) is 0 Å². The van der Waals surface area contributed by atoms with Crippen molar-refractivity contribution in [2.45, 2.75) is 44.2 Å². The quantitative estimate of drug-likeness (QED) is 0.784. The predicted octanol–water partition coefficient (Wildman–Crippen LogP) is 3.58. The Balaban J connectivity index is 1.87. The summed E-state index contributed by atoms with van der Waals surface area (Å²) < 4.78 is 5.05.